The molecule has 17 heavy (non-hydrogen) atoms. The molecule has 2 rings (SSSR count). The molecule has 1 nitrogen and oxygen atoms in total. The highest BCUT2D eigenvalue weighted by atomic mass is 35.5. The summed E-state index contributed by atoms with van der Waals surface area (Å²) in [6, 6.07) is 4.42. The van der Waals surface area contributed by atoms with Crippen molar-refractivity contribution in [3.8, 4) is 0 Å². The normalized spacial score (nSPS) is 18.5. The Labute approximate surface area is 113 Å². The van der Waals surface area contributed by atoms with Gasteiger partial charge in [0.2, 0.25) is 0 Å². The molecule has 0 bridgehead atoms. The van der Waals surface area contributed by atoms with Crippen LogP contribution < -0.4 is 5.73 Å². The van der Waals surface area contributed by atoms with Gasteiger partial charge in [0.15, 0.2) is 0 Å². The summed E-state index contributed by atoms with van der Waals surface area (Å²) in [6.07, 6.45) is 5.91. The van der Waals surface area contributed by atoms with E-state index in [9.17, 15) is 4.39 Å². The van der Waals surface area contributed by atoms with Gasteiger partial charge in [-0.05, 0) is 37.0 Å². The topological polar surface area (TPSA) is 26.0 Å². The molecular formula is C13H18Cl2FN. The van der Waals surface area contributed by atoms with Crippen LogP contribution in [0.3, 0.4) is 0 Å². The first-order valence-electron chi connectivity index (χ1n) is 5.89. The van der Waals surface area contributed by atoms with E-state index in [1.54, 1.807) is 12.1 Å². The Morgan fingerprint density at radius 2 is 1.88 bits per heavy atom. The summed E-state index contributed by atoms with van der Waals surface area (Å²) >= 11 is 5.88. The van der Waals surface area contributed by atoms with Crippen molar-refractivity contribution in [2.24, 2.45) is 11.7 Å². The van der Waals surface area contributed by atoms with Crippen molar-refractivity contribution in [1.29, 1.82) is 0 Å². The zero-order valence-corrected chi connectivity index (χ0v) is 11.2. The zero-order valence-electron chi connectivity index (χ0n) is 9.66. The average molecular weight is 278 g/mol. The minimum atomic E-state index is -0.234. The first-order valence-corrected chi connectivity index (χ1v) is 6.27. The summed E-state index contributed by atoms with van der Waals surface area (Å²) in [6.45, 7) is 0. The highest BCUT2D eigenvalue weighted by molar-refractivity contribution is 6.30. The Kier molecular flexibility index (Phi) is 5.71. The Hall–Kier alpha value is -0.310. The first-order chi connectivity index (χ1) is 7.68. The molecule has 0 saturated heterocycles. The molecule has 96 valence electrons. The van der Waals surface area contributed by atoms with E-state index in [0.29, 0.717) is 16.5 Å². The van der Waals surface area contributed by atoms with Crippen molar-refractivity contribution < 1.29 is 4.39 Å². The molecule has 2 N–H and O–H groups in total. The van der Waals surface area contributed by atoms with Crippen molar-refractivity contribution >= 4 is 24.0 Å². The fraction of sp³-hybridized carbons (Fsp3) is 0.538. The third-order valence-electron chi connectivity index (χ3n) is 3.47. The molecule has 0 unspecified atom stereocenters. The smallest absolute Gasteiger partial charge is 0.128 e. The van der Waals surface area contributed by atoms with Gasteiger partial charge in [-0.1, -0.05) is 30.9 Å². The van der Waals surface area contributed by atoms with E-state index >= 15 is 0 Å². The molecule has 1 atom stereocenters. The molecule has 0 aromatic heterocycles. The molecule has 0 spiro atoms. The number of hydrogen-bond donors (Lipinski definition) is 1. The van der Waals surface area contributed by atoms with Crippen molar-refractivity contribution in [3.05, 3.63) is 34.6 Å². The lowest BCUT2D eigenvalue weighted by molar-refractivity contribution is 0.303. The second-order valence-electron chi connectivity index (χ2n) is 4.59. The van der Waals surface area contributed by atoms with Gasteiger partial charge in [0.05, 0.1) is 0 Å². The van der Waals surface area contributed by atoms with Crippen molar-refractivity contribution in [2.75, 3.05) is 0 Å². The summed E-state index contributed by atoms with van der Waals surface area (Å²) in [4.78, 5) is 0. The number of rotatable bonds is 2. The summed E-state index contributed by atoms with van der Waals surface area (Å²) < 4.78 is 13.6. The van der Waals surface area contributed by atoms with Gasteiger partial charge in [-0.25, -0.2) is 4.39 Å². The third-order valence-corrected chi connectivity index (χ3v) is 3.71. The predicted octanol–water partition coefficient (Wildman–Crippen LogP) is 4.48. The lowest BCUT2D eigenvalue weighted by Crippen LogP contribution is -2.24. The second kappa shape index (κ2) is 6.58. The largest absolute Gasteiger partial charge is 0.324 e. The number of benzene rings is 1. The van der Waals surface area contributed by atoms with Crippen molar-refractivity contribution in [2.45, 2.75) is 38.1 Å². The van der Waals surface area contributed by atoms with Gasteiger partial charge < -0.3 is 5.73 Å². The van der Waals surface area contributed by atoms with Gasteiger partial charge in [-0.15, -0.1) is 12.4 Å². The highest BCUT2D eigenvalue weighted by Gasteiger charge is 2.24. The third kappa shape index (κ3) is 3.57. The van der Waals surface area contributed by atoms with Crippen LogP contribution in [0.5, 0.6) is 0 Å². The second-order valence-corrected chi connectivity index (χ2v) is 5.03. The van der Waals surface area contributed by atoms with Gasteiger partial charge in [-0.3, -0.25) is 0 Å². The van der Waals surface area contributed by atoms with Crippen LogP contribution in [0.4, 0.5) is 4.39 Å². The van der Waals surface area contributed by atoms with Crippen molar-refractivity contribution in [3.63, 3.8) is 0 Å². The molecule has 1 saturated carbocycles. The maximum atomic E-state index is 13.6. The van der Waals surface area contributed by atoms with Crippen LogP contribution in [0.2, 0.25) is 5.02 Å². The highest BCUT2D eigenvalue weighted by Crippen LogP contribution is 2.34. The minimum absolute atomic E-state index is 0. The van der Waals surface area contributed by atoms with E-state index in [0.717, 1.165) is 12.8 Å². The van der Waals surface area contributed by atoms with Crippen LogP contribution >= 0.6 is 24.0 Å². The lowest BCUT2D eigenvalue weighted by Gasteiger charge is -2.28. The van der Waals surface area contributed by atoms with Gasteiger partial charge in [-0.2, -0.15) is 0 Å². The predicted molar refractivity (Wildman–Crippen MR) is 72.2 cm³/mol. The molecule has 1 fully saturated rings. The Morgan fingerprint density at radius 1 is 1.24 bits per heavy atom. The monoisotopic (exact) mass is 277 g/mol. The van der Waals surface area contributed by atoms with E-state index < -0.39 is 0 Å². The zero-order chi connectivity index (χ0) is 11.5. The van der Waals surface area contributed by atoms with E-state index in [-0.39, 0.29) is 24.3 Å². The molecule has 0 radical (unpaired) electrons. The van der Waals surface area contributed by atoms with Crippen LogP contribution in [0.25, 0.3) is 0 Å². The molecule has 1 aromatic carbocycles. The quantitative estimate of drug-likeness (QED) is 0.848. The molecule has 1 aliphatic rings. The molecule has 0 aliphatic heterocycles. The Balaban J connectivity index is 0.00000144. The van der Waals surface area contributed by atoms with Gasteiger partial charge in [0.1, 0.15) is 5.82 Å². The number of hydrogen-bond acceptors (Lipinski definition) is 1. The lowest BCUT2D eigenvalue weighted by atomic mass is 9.81. The van der Waals surface area contributed by atoms with E-state index in [1.165, 1.54) is 25.3 Å². The maximum Gasteiger partial charge on any atom is 0.128 e. The molecule has 0 amide bonds. The summed E-state index contributed by atoms with van der Waals surface area (Å²) in [5.74, 6) is 0.171. The Bertz CT molecular complexity index is 364. The van der Waals surface area contributed by atoms with E-state index in [4.69, 9.17) is 17.3 Å². The maximum absolute atomic E-state index is 13.6. The van der Waals surface area contributed by atoms with Gasteiger partial charge >= 0.3 is 0 Å². The average Bonchev–Trinajstić information content (AvgIpc) is 2.32. The van der Waals surface area contributed by atoms with Crippen molar-refractivity contribution in [1.82, 2.24) is 0 Å². The molecule has 1 aromatic rings. The van der Waals surface area contributed by atoms with Crippen LogP contribution in [0, 0.1) is 11.7 Å². The van der Waals surface area contributed by atoms with Crippen LogP contribution in [0.15, 0.2) is 18.2 Å². The van der Waals surface area contributed by atoms with E-state index in [2.05, 4.69) is 0 Å². The fourth-order valence-electron chi connectivity index (χ4n) is 2.52. The SMILES string of the molecule is Cl.N[C@@H](c1cc(Cl)ccc1F)C1CCCCC1. The van der Waals surface area contributed by atoms with Crippen LogP contribution in [-0.2, 0) is 0 Å². The first kappa shape index (κ1) is 14.7. The molecule has 4 heteroatoms. The number of nitrogens with two attached hydrogens (primary N) is 1. The summed E-state index contributed by atoms with van der Waals surface area (Å²) in [5.41, 5.74) is 6.71. The standard InChI is InChI=1S/C13H17ClFN.ClH/c14-10-6-7-12(15)11(8-10)13(16)9-4-2-1-3-5-9;/h6-9,13H,1-5,16H2;1H/t13-;/m1./s1. The molecule has 1 aliphatic carbocycles. The fourth-order valence-corrected chi connectivity index (χ4v) is 2.70. The molecule has 0 heterocycles. The van der Waals surface area contributed by atoms with Crippen LogP contribution in [-0.4, -0.2) is 0 Å². The summed E-state index contributed by atoms with van der Waals surface area (Å²) in [7, 11) is 0. The molecular weight excluding hydrogens is 260 g/mol. The number of halogens is 3. The Morgan fingerprint density at radius 3 is 2.53 bits per heavy atom. The minimum Gasteiger partial charge on any atom is -0.324 e. The van der Waals surface area contributed by atoms with Gasteiger partial charge in [0.25, 0.3) is 0 Å². The summed E-state index contributed by atoms with van der Waals surface area (Å²) in [5, 5.41) is 0.558. The van der Waals surface area contributed by atoms with Crippen LogP contribution in [0.1, 0.15) is 43.7 Å². The van der Waals surface area contributed by atoms with Gasteiger partial charge in [0, 0.05) is 16.6 Å². The van der Waals surface area contributed by atoms with E-state index in [1.807, 2.05) is 0 Å².